The van der Waals surface area contributed by atoms with Gasteiger partial charge in [0.15, 0.2) is 0 Å². The molecule has 0 saturated heterocycles. The van der Waals surface area contributed by atoms with Gasteiger partial charge in [0.1, 0.15) is 5.82 Å². The molecule has 1 aromatic heterocycles. The zero-order chi connectivity index (χ0) is 25.4. The molecule has 4 N–H and O–H groups in total. The van der Waals surface area contributed by atoms with Crippen molar-refractivity contribution in [2.45, 2.75) is 33.2 Å². The third kappa shape index (κ3) is 4.45. The van der Waals surface area contributed by atoms with Gasteiger partial charge in [0.25, 0.3) is 5.91 Å². The minimum Gasteiger partial charge on any atom is -0.327 e. The fraction of sp³-hybridized carbons (Fsp3) is 0.179. The number of aromatic nitrogens is 2. The number of nitrogens with zero attached hydrogens (tertiary/aromatic N) is 1. The number of anilines is 1. The number of carbonyl (C=O) groups excluding carboxylic acids is 2. The lowest BCUT2D eigenvalue weighted by molar-refractivity contribution is -0.113. The van der Waals surface area contributed by atoms with Gasteiger partial charge in [-0.15, -0.1) is 0 Å². The van der Waals surface area contributed by atoms with Gasteiger partial charge in [0.2, 0.25) is 0 Å². The van der Waals surface area contributed by atoms with E-state index in [0.717, 1.165) is 27.6 Å². The van der Waals surface area contributed by atoms with Crippen molar-refractivity contribution in [3.63, 3.8) is 0 Å². The van der Waals surface area contributed by atoms with Crippen molar-refractivity contribution in [2.24, 2.45) is 0 Å². The Morgan fingerprint density at radius 2 is 1.83 bits per heavy atom. The van der Waals surface area contributed by atoms with Crippen LogP contribution in [-0.4, -0.2) is 22.1 Å². The minimum atomic E-state index is -0.742. The Morgan fingerprint density at radius 1 is 1.06 bits per heavy atom. The lowest BCUT2D eigenvalue weighted by atomic mass is 9.90. The van der Waals surface area contributed by atoms with Crippen LogP contribution in [-0.2, 0) is 11.2 Å². The number of benzene rings is 3. The molecule has 0 aliphatic carbocycles. The monoisotopic (exact) mass is 483 g/mol. The number of aromatic amines is 1. The van der Waals surface area contributed by atoms with E-state index in [0.29, 0.717) is 34.5 Å². The first-order valence-corrected chi connectivity index (χ1v) is 11.7. The molecule has 0 spiro atoms. The molecule has 2 heterocycles. The second-order valence-corrected chi connectivity index (χ2v) is 9.09. The lowest BCUT2D eigenvalue weighted by Crippen LogP contribution is -2.46. The maximum atomic E-state index is 14.9. The van der Waals surface area contributed by atoms with Crippen molar-refractivity contribution >= 4 is 28.5 Å². The first-order valence-electron chi connectivity index (χ1n) is 11.7. The minimum absolute atomic E-state index is 0.332. The van der Waals surface area contributed by atoms with Crippen LogP contribution in [0.2, 0.25) is 0 Å². The van der Waals surface area contributed by atoms with E-state index < -0.39 is 12.1 Å². The second kappa shape index (κ2) is 9.30. The van der Waals surface area contributed by atoms with E-state index in [1.54, 1.807) is 31.3 Å². The summed E-state index contributed by atoms with van der Waals surface area (Å²) >= 11 is 0. The summed E-state index contributed by atoms with van der Waals surface area (Å²) in [5, 5.41) is 16.2. The highest BCUT2D eigenvalue weighted by molar-refractivity contribution is 6.07. The molecule has 0 saturated carbocycles. The highest BCUT2D eigenvalue weighted by atomic mass is 19.1. The SMILES string of the molecule is CC1=C(C(=O)Nc2ccc3[nH]ncc3c2)C(c2ccc(F)c(Cc3c(C)cccc3C)c2)NC(=O)N1. The molecule has 0 fully saturated rings. The summed E-state index contributed by atoms with van der Waals surface area (Å²) in [4.78, 5) is 25.8. The van der Waals surface area contributed by atoms with Gasteiger partial charge in [-0.25, -0.2) is 9.18 Å². The predicted molar refractivity (Wildman–Crippen MR) is 137 cm³/mol. The number of urea groups is 1. The summed E-state index contributed by atoms with van der Waals surface area (Å²) in [5.74, 6) is -0.699. The second-order valence-electron chi connectivity index (χ2n) is 9.09. The maximum absolute atomic E-state index is 14.9. The first-order chi connectivity index (χ1) is 17.3. The van der Waals surface area contributed by atoms with Crippen LogP contribution in [0, 0.1) is 19.7 Å². The molecule has 3 amide bonds. The lowest BCUT2D eigenvalue weighted by Gasteiger charge is -2.29. The third-order valence-corrected chi connectivity index (χ3v) is 6.63. The first kappa shape index (κ1) is 23.3. The molecule has 3 aromatic carbocycles. The van der Waals surface area contributed by atoms with Crippen LogP contribution in [0.3, 0.4) is 0 Å². The number of aryl methyl sites for hydroxylation is 2. The summed E-state index contributed by atoms with van der Waals surface area (Å²) in [7, 11) is 0. The molecule has 1 aliphatic rings. The number of hydrogen-bond donors (Lipinski definition) is 4. The predicted octanol–water partition coefficient (Wildman–Crippen LogP) is 5.18. The van der Waals surface area contributed by atoms with Crippen LogP contribution in [0.5, 0.6) is 0 Å². The highest BCUT2D eigenvalue weighted by Gasteiger charge is 2.31. The van der Waals surface area contributed by atoms with E-state index in [1.807, 2.05) is 44.2 Å². The van der Waals surface area contributed by atoms with Gasteiger partial charge >= 0.3 is 6.03 Å². The van der Waals surface area contributed by atoms with E-state index >= 15 is 0 Å². The molecule has 1 unspecified atom stereocenters. The largest absolute Gasteiger partial charge is 0.327 e. The van der Waals surface area contributed by atoms with Crippen molar-refractivity contribution in [2.75, 3.05) is 5.32 Å². The highest BCUT2D eigenvalue weighted by Crippen LogP contribution is 2.30. The molecule has 4 aromatic rings. The molecule has 0 radical (unpaired) electrons. The van der Waals surface area contributed by atoms with E-state index in [4.69, 9.17) is 0 Å². The Labute approximate surface area is 207 Å². The smallest absolute Gasteiger partial charge is 0.319 e. The normalized spacial score (nSPS) is 15.6. The number of nitrogens with one attached hydrogen (secondary N) is 4. The number of allylic oxidation sites excluding steroid dienone is 1. The van der Waals surface area contributed by atoms with Gasteiger partial charge in [-0.2, -0.15) is 5.10 Å². The number of fused-ring (bicyclic) bond motifs is 1. The van der Waals surface area contributed by atoms with Crippen LogP contribution >= 0.6 is 0 Å². The van der Waals surface area contributed by atoms with Crippen LogP contribution in [0.15, 0.2) is 72.1 Å². The molecule has 5 rings (SSSR count). The van der Waals surface area contributed by atoms with E-state index in [9.17, 15) is 14.0 Å². The van der Waals surface area contributed by atoms with Gasteiger partial charge in [-0.3, -0.25) is 9.89 Å². The van der Waals surface area contributed by atoms with Crippen molar-refractivity contribution in [1.29, 1.82) is 0 Å². The molecule has 8 heteroatoms. The average molecular weight is 484 g/mol. The Bertz CT molecular complexity index is 1520. The fourth-order valence-corrected chi connectivity index (χ4v) is 4.69. The standard InChI is InChI=1S/C28H26FN5O2/c1-15-5-4-6-16(2)22(15)13-19-11-18(7-9-23(19)29)26-25(17(3)31-28(36)33-26)27(35)32-21-8-10-24-20(12-21)14-30-34-24/h4-12,14,26H,13H2,1-3H3,(H,30,34)(H,32,35)(H2,31,33,36). The summed E-state index contributed by atoms with van der Waals surface area (Å²) in [6.07, 6.45) is 2.09. The average Bonchev–Trinajstić information content (AvgIpc) is 3.30. The Hall–Kier alpha value is -4.46. The van der Waals surface area contributed by atoms with Crippen molar-refractivity contribution in [3.8, 4) is 0 Å². The van der Waals surface area contributed by atoms with E-state index in [-0.39, 0.29) is 11.7 Å². The van der Waals surface area contributed by atoms with Gasteiger partial charge in [0.05, 0.1) is 23.3 Å². The molecule has 1 atom stereocenters. The number of carbonyl (C=O) groups is 2. The summed E-state index contributed by atoms with van der Waals surface area (Å²) in [6.45, 7) is 5.69. The van der Waals surface area contributed by atoms with E-state index in [2.05, 4.69) is 26.1 Å². The summed E-state index contributed by atoms with van der Waals surface area (Å²) < 4.78 is 14.9. The van der Waals surface area contributed by atoms with Crippen molar-refractivity contribution in [1.82, 2.24) is 20.8 Å². The topological polar surface area (TPSA) is 98.9 Å². The van der Waals surface area contributed by atoms with Crippen LogP contribution < -0.4 is 16.0 Å². The molecule has 7 nitrogen and oxygen atoms in total. The number of amides is 3. The number of hydrogen-bond acceptors (Lipinski definition) is 3. The Kier molecular flexibility index (Phi) is 6.01. The Morgan fingerprint density at radius 3 is 2.61 bits per heavy atom. The number of rotatable bonds is 5. The zero-order valence-corrected chi connectivity index (χ0v) is 20.2. The van der Waals surface area contributed by atoms with E-state index in [1.165, 1.54) is 6.07 Å². The van der Waals surface area contributed by atoms with Gasteiger partial charge in [-0.1, -0.05) is 30.3 Å². The quantitative estimate of drug-likeness (QED) is 0.315. The summed E-state index contributed by atoms with van der Waals surface area (Å²) in [5.41, 5.74) is 6.60. The van der Waals surface area contributed by atoms with Crippen molar-refractivity contribution in [3.05, 3.63) is 106 Å². The van der Waals surface area contributed by atoms with Crippen LogP contribution in [0.1, 0.15) is 40.8 Å². The number of H-pyrrole nitrogens is 1. The van der Waals surface area contributed by atoms with Crippen LogP contribution in [0.4, 0.5) is 14.9 Å². The molecular formula is C28H26FN5O2. The Balaban J connectivity index is 1.48. The molecule has 1 aliphatic heterocycles. The third-order valence-electron chi connectivity index (χ3n) is 6.63. The number of halogens is 1. The summed E-state index contributed by atoms with van der Waals surface area (Å²) in [6, 6.07) is 15.0. The molecule has 36 heavy (non-hydrogen) atoms. The van der Waals surface area contributed by atoms with Gasteiger partial charge < -0.3 is 16.0 Å². The maximum Gasteiger partial charge on any atom is 0.319 e. The van der Waals surface area contributed by atoms with Crippen LogP contribution in [0.25, 0.3) is 10.9 Å². The molecule has 0 bridgehead atoms. The molecular weight excluding hydrogens is 457 g/mol. The fourth-order valence-electron chi connectivity index (χ4n) is 4.69. The molecule has 182 valence electrons. The van der Waals surface area contributed by atoms with Gasteiger partial charge in [0, 0.05) is 23.2 Å². The van der Waals surface area contributed by atoms with Gasteiger partial charge in [-0.05, 0) is 72.9 Å². The van der Waals surface area contributed by atoms with Crippen molar-refractivity contribution < 1.29 is 14.0 Å². The zero-order valence-electron chi connectivity index (χ0n) is 20.2.